The average Bonchev–Trinajstić information content (AvgIpc) is 3.02. The number of aromatic nitrogens is 3. The molecule has 146 valence electrons. The van der Waals surface area contributed by atoms with Gasteiger partial charge in [-0.2, -0.15) is 18.3 Å². The molecule has 0 radical (unpaired) electrons. The summed E-state index contributed by atoms with van der Waals surface area (Å²) in [6.07, 6.45) is -1.79. The topological polar surface area (TPSA) is 81.1 Å². The van der Waals surface area contributed by atoms with E-state index in [1.807, 2.05) is 13.1 Å². The Morgan fingerprint density at radius 2 is 2.11 bits per heavy atom. The van der Waals surface area contributed by atoms with E-state index in [4.69, 9.17) is 4.74 Å². The highest BCUT2D eigenvalue weighted by molar-refractivity contribution is 5.90. The number of anilines is 1. The van der Waals surface area contributed by atoms with Crippen molar-refractivity contribution in [3.05, 3.63) is 41.5 Å². The third kappa shape index (κ3) is 4.57. The number of amides is 2. The van der Waals surface area contributed by atoms with E-state index in [2.05, 4.69) is 20.7 Å². The Balaban J connectivity index is 1.60. The van der Waals surface area contributed by atoms with Crippen LogP contribution >= 0.6 is 0 Å². The summed E-state index contributed by atoms with van der Waals surface area (Å²) in [5.74, 6) is 0. The standard InChI is InChI=1S/C17H20F3N5O2/c1-10-12(3-4-15(22-10)17(18,19)20)24-16(26)23-11-6-8-27-14(9-11)13-5-7-21-25(13)2/h3-5,7,11,14H,6,8-9H2,1-2H3,(H2,23,24,26). The highest BCUT2D eigenvalue weighted by Gasteiger charge is 2.33. The number of ether oxygens (including phenoxy) is 1. The van der Waals surface area contributed by atoms with Crippen LogP contribution in [0.3, 0.4) is 0 Å². The molecule has 27 heavy (non-hydrogen) atoms. The van der Waals surface area contributed by atoms with Crippen LogP contribution in [0.25, 0.3) is 0 Å². The predicted molar refractivity (Wildman–Crippen MR) is 91.1 cm³/mol. The molecule has 2 N–H and O–H groups in total. The third-order valence-electron chi connectivity index (χ3n) is 4.43. The van der Waals surface area contributed by atoms with Crippen molar-refractivity contribution in [1.29, 1.82) is 0 Å². The van der Waals surface area contributed by atoms with Crippen LogP contribution in [0.2, 0.25) is 0 Å². The van der Waals surface area contributed by atoms with E-state index in [0.29, 0.717) is 19.4 Å². The van der Waals surface area contributed by atoms with Gasteiger partial charge in [0.15, 0.2) is 0 Å². The monoisotopic (exact) mass is 383 g/mol. The average molecular weight is 383 g/mol. The van der Waals surface area contributed by atoms with Crippen LogP contribution in [0.1, 0.15) is 36.0 Å². The lowest BCUT2D eigenvalue weighted by Crippen LogP contribution is -2.42. The van der Waals surface area contributed by atoms with Gasteiger partial charge in [-0.05, 0) is 38.0 Å². The maximum Gasteiger partial charge on any atom is 0.433 e. The van der Waals surface area contributed by atoms with Crippen molar-refractivity contribution in [2.75, 3.05) is 11.9 Å². The quantitative estimate of drug-likeness (QED) is 0.853. The van der Waals surface area contributed by atoms with Crippen molar-refractivity contribution in [2.45, 2.75) is 38.1 Å². The van der Waals surface area contributed by atoms with Gasteiger partial charge >= 0.3 is 12.2 Å². The van der Waals surface area contributed by atoms with Crippen molar-refractivity contribution >= 4 is 11.7 Å². The van der Waals surface area contributed by atoms with Gasteiger partial charge in [0.1, 0.15) is 11.8 Å². The van der Waals surface area contributed by atoms with Crippen LogP contribution in [-0.4, -0.2) is 33.4 Å². The molecule has 1 fully saturated rings. The van der Waals surface area contributed by atoms with Crippen LogP contribution in [0.5, 0.6) is 0 Å². The Morgan fingerprint density at radius 1 is 1.33 bits per heavy atom. The fourth-order valence-corrected chi connectivity index (χ4v) is 3.03. The number of nitrogens with one attached hydrogen (secondary N) is 2. The number of alkyl halides is 3. The minimum absolute atomic E-state index is 0.0970. The second-order valence-corrected chi connectivity index (χ2v) is 6.39. The Kier molecular flexibility index (Phi) is 5.36. The van der Waals surface area contributed by atoms with Gasteiger partial charge in [0, 0.05) is 25.9 Å². The highest BCUT2D eigenvalue weighted by Crippen LogP contribution is 2.30. The summed E-state index contributed by atoms with van der Waals surface area (Å²) in [6, 6.07) is 3.30. The van der Waals surface area contributed by atoms with Gasteiger partial charge in [0.2, 0.25) is 0 Å². The first-order valence-electron chi connectivity index (χ1n) is 8.46. The van der Waals surface area contributed by atoms with Crippen LogP contribution in [0.15, 0.2) is 24.4 Å². The summed E-state index contributed by atoms with van der Waals surface area (Å²) in [5.41, 5.74) is 0.259. The van der Waals surface area contributed by atoms with Crippen molar-refractivity contribution in [3.63, 3.8) is 0 Å². The van der Waals surface area contributed by atoms with Gasteiger partial charge in [-0.25, -0.2) is 9.78 Å². The fraction of sp³-hybridized carbons (Fsp3) is 0.471. The summed E-state index contributed by atoms with van der Waals surface area (Å²) in [5, 5.41) is 9.52. The molecule has 0 aliphatic carbocycles. The molecule has 10 heteroatoms. The molecule has 2 aromatic heterocycles. The van der Waals surface area contributed by atoms with E-state index in [1.54, 1.807) is 10.9 Å². The predicted octanol–water partition coefficient (Wildman–Crippen LogP) is 3.18. The zero-order chi connectivity index (χ0) is 19.6. The fourth-order valence-electron chi connectivity index (χ4n) is 3.03. The first-order valence-corrected chi connectivity index (χ1v) is 8.46. The summed E-state index contributed by atoms with van der Waals surface area (Å²) in [6.45, 7) is 1.90. The smallest absolute Gasteiger partial charge is 0.372 e. The van der Waals surface area contributed by atoms with Gasteiger partial charge in [0.05, 0.1) is 17.1 Å². The van der Waals surface area contributed by atoms with Gasteiger partial charge < -0.3 is 15.4 Å². The van der Waals surface area contributed by atoms with E-state index in [-0.39, 0.29) is 23.5 Å². The van der Waals surface area contributed by atoms with Crippen LogP contribution in [-0.2, 0) is 18.0 Å². The summed E-state index contributed by atoms with van der Waals surface area (Å²) in [7, 11) is 1.82. The largest absolute Gasteiger partial charge is 0.433 e. The molecule has 7 nitrogen and oxygen atoms in total. The first kappa shape index (κ1) is 19.2. The lowest BCUT2D eigenvalue weighted by molar-refractivity contribution is -0.141. The maximum atomic E-state index is 12.7. The van der Waals surface area contributed by atoms with E-state index < -0.39 is 17.9 Å². The molecule has 2 atom stereocenters. The van der Waals surface area contributed by atoms with Crippen LogP contribution in [0, 0.1) is 6.92 Å². The van der Waals surface area contributed by atoms with Crippen molar-refractivity contribution < 1.29 is 22.7 Å². The number of aryl methyl sites for hydroxylation is 2. The van der Waals surface area contributed by atoms with Gasteiger partial charge in [-0.3, -0.25) is 4.68 Å². The second kappa shape index (κ2) is 7.55. The normalized spacial score (nSPS) is 20.3. The van der Waals surface area contributed by atoms with Gasteiger partial charge in [0.25, 0.3) is 0 Å². The minimum Gasteiger partial charge on any atom is -0.372 e. The molecule has 1 aliphatic heterocycles. The Bertz CT molecular complexity index is 821. The molecule has 0 spiro atoms. The molecule has 1 saturated heterocycles. The number of nitrogens with zero attached hydrogens (tertiary/aromatic N) is 3. The SMILES string of the molecule is Cc1nc(C(F)(F)F)ccc1NC(=O)NC1CCOC(c2ccnn2C)C1. The van der Waals surface area contributed by atoms with Crippen molar-refractivity contribution in [2.24, 2.45) is 7.05 Å². The summed E-state index contributed by atoms with van der Waals surface area (Å²) >= 11 is 0. The van der Waals surface area contributed by atoms with Gasteiger partial charge in [-0.15, -0.1) is 0 Å². The number of urea groups is 1. The zero-order valence-electron chi connectivity index (χ0n) is 14.9. The Morgan fingerprint density at radius 3 is 2.74 bits per heavy atom. The zero-order valence-corrected chi connectivity index (χ0v) is 14.9. The molecule has 2 aromatic rings. The molecule has 3 heterocycles. The third-order valence-corrected chi connectivity index (χ3v) is 4.43. The van der Waals surface area contributed by atoms with Crippen LogP contribution in [0.4, 0.5) is 23.7 Å². The van der Waals surface area contributed by atoms with Crippen molar-refractivity contribution in [1.82, 2.24) is 20.1 Å². The number of rotatable bonds is 3. The molecule has 3 rings (SSSR count). The van der Waals surface area contributed by atoms with E-state index in [9.17, 15) is 18.0 Å². The molecule has 0 bridgehead atoms. The molecular formula is C17H20F3N5O2. The van der Waals surface area contributed by atoms with Crippen LogP contribution < -0.4 is 10.6 Å². The van der Waals surface area contributed by atoms with Crippen molar-refractivity contribution in [3.8, 4) is 0 Å². The second-order valence-electron chi connectivity index (χ2n) is 6.39. The Hall–Kier alpha value is -2.62. The van der Waals surface area contributed by atoms with Gasteiger partial charge in [-0.1, -0.05) is 0 Å². The van der Waals surface area contributed by atoms with E-state index in [0.717, 1.165) is 11.8 Å². The number of carbonyl (C=O) groups is 1. The molecule has 2 amide bonds. The maximum absolute atomic E-state index is 12.7. The number of hydrogen-bond acceptors (Lipinski definition) is 4. The first-order chi connectivity index (χ1) is 12.7. The number of carbonyl (C=O) groups excluding carboxylic acids is 1. The lowest BCUT2D eigenvalue weighted by atomic mass is 10.0. The number of pyridine rings is 1. The molecule has 0 aromatic carbocycles. The number of hydrogen-bond donors (Lipinski definition) is 2. The number of halogens is 3. The summed E-state index contributed by atoms with van der Waals surface area (Å²) < 4.78 is 45.5. The van der Waals surface area contributed by atoms with E-state index in [1.165, 1.54) is 13.0 Å². The lowest BCUT2D eigenvalue weighted by Gasteiger charge is -2.30. The highest BCUT2D eigenvalue weighted by atomic mass is 19.4. The van der Waals surface area contributed by atoms with E-state index >= 15 is 0 Å². The Labute approximate surface area is 153 Å². The summed E-state index contributed by atoms with van der Waals surface area (Å²) in [4.78, 5) is 15.7. The minimum atomic E-state index is -4.52. The molecule has 2 unspecified atom stereocenters. The molecular weight excluding hydrogens is 363 g/mol. The molecule has 0 saturated carbocycles. The molecule has 1 aliphatic rings.